The monoisotopic (exact) mass is 426 g/mol. The van der Waals surface area contributed by atoms with Crippen molar-refractivity contribution in [3.63, 3.8) is 0 Å². The molecule has 30 heavy (non-hydrogen) atoms. The molecule has 0 bridgehead atoms. The van der Waals surface area contributed by atoms with E-state index in [0.29, 0.717) is 28.8 Å². The second-order valence-corrected chi connectivity index (χ2v) is 7.91. The van der Waals surface area contributed by atoms with Crippen LogP contribution in [0.15, 0.2) is 47.3 Å². The summed E-state index contributed by atoms with van der Waals surface area (Å²) in [6, 6.07) is 12.9. The molecule has 0 unspecified atom stereocenters. The lowest BCUT2D eigenvalue weighted by atomic mass is 9.90. The highest BCUT2D eigenvalue weighted by Crippen LogP contribution is 2.46. The number of methoxy groups -OCH3 is 3. The Morgan fingerprint density at radius 1 is 0.967 bits per heavy atom. The maximum Gasteiger partial charge on any atom is 0.308 e. The minimum atomic E-state index is -0.243. The predicted molar refractivity (Wildman–Crippen MR) is 116 cm³/mol. The fourth-order valence-corrected chi connectivity index (χ4v) is 4.87. The highest BCUT2D eigenvalue weighted by molar-refractivity contribution is 7.10. The molecule has 2 heterocycles. The molecule has 8 heteroatoms. The Morgan fingerprint density at radius 3 is 2.43 bits per heavy atom. The normalized spacial score (nSPS) is 15.7. The number of benzene rings is 2. The Kier molecular flexibility index (Phi) is 5.26. The number of anilines is 2. The smallest absolute Gasteiger partial charge is 0.308 e. The standard InChI is InChI=1S/C22H22N2O5S/c1-23-21-20(30-22(23)26)16(13-8-9-17(28-3)18(10-13)29-4)12-19(25)24(21)14-6-5-7-15(11-14)27-2/h5-11,16H,12H2,1-4H3/t16-/m0/s1. The van der Waals surface area contributed by atoms with Crippen molar-refractivity contribution >= 4 is 28.7 Å². The Bertz CT molecular complexity index is 1170. The number of hydrogen-bond acceptors (Lipinski definition) is 6. The van der Waals surface area contributed by atoms with Crippen molar-refractivity contribution < 1.29 is 19.0 Å². The number of amides is 1. The van der Waals surface area contributed by atoms with E-state index in [0.717, 1.165) is 21.8 Å². The fourth-order valence-electron chi connectivity index (χ4n) is 3.78. The summed E-state index contributed by atoms with van der Waals surface area (Å²) in [6.07, 6.45) is 0.236. The van der Waals surface area contributed by atoms with Gasteiger partial charge in [0, 0.05) is 25.5 Å². The first-order valence-corrected chi connectivity index (χ1v) is 10.2. The van der Waals surface area contributed by atoms with E-state index in [4.69, 9.17) is 14.2 Å². The van der Waals surface area contributed by atoms with E-state index in [1.54, 1.807) is 39.3 Å². The topological polar surface area (TPSA) is 70.0 Å². The van der Waals surface area contributed by atoms with Crippen LogP contribution in [0.1, 0.15) is 22.8 Å². The molecule has 4 rings (SSSR count). The second kappa shape index (κ2) is 7.87. The van der Waals surface area contributed by atoms with Gasteiger partial charge in [-0.2, -0.15) is 0 Å². The number of nitrogens with zero attached hydrogens (tertiary/aromatic N) is 2. The van der Waals surface area contributed by atoms with E-state index < -0.39 is 0 Å². The molecule has 1 aliphatic heterocycles. The fraction of sp³-hybridized carbons (Fsp3) is 0.273. The molecule has 0 spiro atoms. The quantitative estimate of drug-likeness (QED) is 0.623. The van der Waals surface area contributed by atoms with Gasteiger partial charge in [0.15, 0.2) is 11.5 Å². The third kappa shape index (κ3) is 3.23. The first kappa shape index (κ1) is 20.0. The van der Waals surface area contributed by atoms with E-state index in [2.05, 4.69) is 0 Å². The van der Waals surface area contributed by atoms with Gasteiger partial charge in [-0.1, -0.05) is 23.5 Å². The Morgan fingerprint density at radius 2 is 1.73 bits per heavy atom. The molecule has 1 atom stereocenters. The number of fused-ring (bicyclic) bond motifs is 1. The van der Waals surface area contributed by atoms with Crippen molar-refractivity contribution in [3.8, 4) is 17.2 Å². The van der Waals surface area contributed by atoms with Crippen LogP contribution in [-0.2, 0) is 11.8 Å². The van der Waals surface area contributed by atoms with Gasteiger partial charge in [0.05, 0.1) is 31.9 Å². The molecule has 1 amide bonds. The van der Waals surface area contributed by atoms with Crippen LogP contribution in [0.3, 0.4) is 0 Å². The summed E-state index contributed by atoms with van der Waals surface area (Å²) in [5, 5.41) is 0. The molecule has 1 aliphatic rings. The second-order valence-electron chi connectivity index (χ2n) is 6.92. The van der Waals surface area contributed by atoms with Crippen molar-refractivity contribution in [1.82, 2.24) is 4.57 Å². The number of rotatable bonds is 5. The van der Waals surface area contributed by atoms with Crippen LogP contribution in [0.4, 0.5) is 11.5 Å². The molecular weight excluding hydrogens is 404 g/mol. The van der Waals surface area contributed by atoms with Gasteiger partial charge in [-0.05, 0) is 29.8 Å². The molecule has 0 aliphatic carbocycles. The summed E-state index contributed by atoms with van der Waals surface area (Å²) >= 11 is 1.16. The number of thiazole rings is 1. The molecular formula is C22H22N2O5S. The van der Waals surface area contributed by atoms with E-state index in [1.165, 1.54) is 4.57 Å². The third-order valence-corrected chi connectivity index (χ3v) is 6.42. The van der Waals surface area contributed by atoms with Crippen LogP contribution >= 0.6 is 11.3 Å². The Balaban J connectivity index is 1.86. The molecule has 0 N–H and O–H groups in total. The summed E-state index contributed by atoms with van der Waals surface area (Å²) in [4.78, 5) is 28.2. The highest BCUT2D eigenvalue weighted by Gasteiger charge is 2.37. The molecule has 3 aromatic rings. The van der Waals surface area contributed by atoms with Crippen molar-refractivity contribution in [2.45, 2.75) is 12.3 Å². The van der Waals surface area contributed by atoms with Crippen molar-refractivity contribution in [3.05, 3.63) is 62.6 Å². The van der Waals surface area contributed by atoms with Gasteiger partial charge < -0.3 is 14.2 Å². The van der Waals surface area contributed by atoms with Crippen LogP contribution in [0.5, 0.6) is 17.2 Å². The maximum atomic E-state index is 13.3. The SMILES string of the molecule is COc1cccc(N2C(=O)C[C@@H](c3ccc(OC)c(OC)c3)c3sc(=O)n(C)c32)c1. The third-order valence-electron chi connectivity index (χ3n) is 5.29. The molecule has 2 aromatic carbocycles. The number of ether oxygens (including phenoxy) is 3. The summed E-state index contributed by atoms with van der Waals surface area (Å²) in [6.45, 7) is 0. The largest absolute Gasteiger partial charge is 0.497 e. The lowest BCUT2D eigenvalue weighted by Crippen LogP contribution is -2.34. The van der Waals surface area contributed by atoms with E-state index in [-0.39, 0.29) is 23.1 Å². The zero-order valence-electron chi connectivity index (χ0n) is 17.2. The van der Waals surface area contributed by atoms with E-state index in [1.807, 2.05) is 36.4 Å². The van der Waals surface area contributed by atoms with Crippen LogP contribution < -0.4 is 24.0 Å². The van der Waals surface area contributed by atoms with Gasteiger partial charge in [0.25, 0.3) is 0 Å². The van der Waals surface area contributed by atoms with Crippen LogP contribution in [0.25, 0.3) is 0 Å². The molecule has 0 radical (unpaired) electrons. The summed E-state index contributed by atoms with van der Waals surface area (Å²) in [7, 11) is 6.42. The van der Waals surface area contributed by atoms with Gasteiger partial charge in [0.1, 0.15) is 11.6 Å². The first-order chi connectivity index (χ1) is 14.5. The molecule has 0 saturated heterocycles. The number of carbonyl (C=O) groups excluding carboxylic acids is 1. The maximum absolute atomic E-state index is 13.3. The van der Waals surface area contributed by atoms with Gasteiger partial charge in [-0.3, -0.25) is 19.1 Å². The van der Waals surface area contributed by atoms with Crippen LogP contribution in [0.2, 0.25) is 0 Å². The van der Waals surface area contributed by atoms with Crippen LogP contribution in [-0.4, -0.2) is 31.8 Å². The molecule has 7 nitrogen and oxygen atoms in total. The van der Waals surface area contributed by atoms with E-state index in [9.17, 15) is 9.59 Å². The highest BCUT2D eigenvalue weighted by atomic mass is 32.1. The predicted octanol–water partition coefficient (Wildman–Crippen LogP) is 3.67. The van der Waals surface area contributed by atoms with Crippen molar-refractivity contribution in [2.24, 2.45) is 7.05 Å². The van der Waals surface area contributed by atoms with E-state index >= 15 is 0 Å². The minimum Gasteiger partial charge on any atom is -0.497 e. The summed E-state index contributed by atoms with van der Waals surface area (Å²) < 4.78 is 17.6. The van der Waals surface area contributed by atoms with Gasteiger partial charge in [0.2, 0.25) is 5.91 Å². The van der Waals surface area contributed by atoms with Crippen molar-refractivity contribution in [1.29, 1.82) is 0 Å². The molecule has 0 fully saturated rings. The summed E-state index contributed by atoms with van der Waals surface area (Å²) in [5.74, 6) is 2.10. The lowest BCUT2D eigenvalue weighted by molar-refractivity contribution is -0.118. The average molecular weight is 426 g/mol. The molecule has 0 saturated carbocycles. The Hall–Kier alpha value is -3.26. The van der Waals surface area contributed by atoms with Crippen molar-refractivity contribution in [2.75, 3.05) is 26.2 Å². The number of carbonyl (C=O) groups is 1. The first-order valence-electron chi connectivity index (χ1n) is 9.37. The number of aromatic nitrogens is 1. The van der Waals surface area contributed by atoms with Gasteiger partial charge in [-0.25, -0.2) is 0 Å². The van der Waals surface area contributed by atoms with Gasteiger partial charge >= 0.3 is 4.87 Å². The lowest BCUT2D eigenvalue weighted by Gasteiger charge is -2.32. The molecule has 156 valence electrons. The average Bonchev–Trinajstić information content (AvgIpc) is 3.07. The zero-order valence-corrected chi connectivity index (χ0v) is 18.0. The zero-order chi connectivity index (χ0) is 21.4. The summed E-state index contributed by atoms with van der Waals surface area (Å²) in [5.41, 5.74) is 1.56. The molecule has 1 aromatic heterocycles. The Labute approximate surface area is 178 Å². The van der Waals surface area contributed by atoms with Gasteiger partial charge in [-0.15, -0.1) is 0 Å². The number of hydrogen-bond donors (Lipinski definition) is 0. The minimum absolute atomic E-state index is 0.0936. The van der Waals surface area contributed by atoms with Crippen LogP contribution in [0, 0.1) is 0 Å².